The number of carboxylic acids is 1. The van der Waals surface area contributed by atoms with Crippen LogP contribution in [0.25, 0.3) is 10.1 Å². The number of nitrogens with one attached hydrogen (secondary N) is 1. The third kappa shape index (κ3) is 2.93. The van der Waals surface area contributed by atoms with Gasteiger partial charge in [0.15, 0.2) is 0 Å². The lowest BCUT2D eigenvalue weighted by Crippen LogP contribution is -2.44. The van der Waals surface area contributed by atoms with Crippen molar-refractivity contribution < 1.29 is 14.7 Å². The molecule has 0 saturated carbocycles. The van der Waals surface area contributed by atoms with E-state index in [9.17, 15) is 9.59 Å². The highest BCUT2D eigenvalue weighted by Crippen LogP contribution is 2.21. The lowest BCUT2D eigenvalue weighted by molar-refractivity contribution is -0.140. The number of aliphatic carboxylic acids is 1. The van der Waals surface area contributed by atoms with Crippen LogP contribution in [0, 0.1) is 5.92 Å². The van der Waals surface area contributed by atoms with E-state index >= 15 is 0 Å². The first-order valence-corrected chi connectivity index (χ1v) is 6.88. The Kier molecular flexibility index (Phi) is 3.85. The van der Waals surface area contributed by atoms with E-state index in [1.807, 2.05) is 17.5 Å². The van der Waals surface area contributed by atoms with Crippen LogP contribution in [-0.4, -0.2) is 23.0 Å². The van der Waals surface area contributed by atoms with Gasteiger partial charge in [-0.05, 0) is 40.9 Å². The number of fused-ring (bicyclic) bond motifs is 1. The van der Waals surface area contributed by atoms with Gasteiger partial charge in [-0.25, -0.2) is 4.79 Å². The summed E-state index contributed by atoms with van der Waals surface area (Å²) < 4.78 is 1.11. The molecule has 0 spiro atoms. The smallest absolute Gasteiger partial charge is 0.326 e. The first kappa shape index (κ1) is 13.5. The summed E-state index contributed by atoms with van der Waals surface area (Å²) in [4.78, 5) is 23.1. The summed E-state index contributed by atoms with van der Waals surface area (Å²) in [6.45, 7) is 3.53. The standard InChI is InChI=1S/C14H15NO3S/c1-8(2)12(14(17)18)15-13(16)10-3-4-11-9(7-10)5-6-19-11/h3-8,12H,1-2H3,(H,15,16)(H,17,18). The molecule has 1 amide bonds. The molecule has 1 heterocycles. The molecule has 1 atom stereocenters. The number of rotatable bonds is 4. The van der Waals surface area contributed by atoms with Crippen molar-refractivity contribution in [3.8, 4) is 0 Å². The first-order chi connectivity index (χ1) is 8.99. The fourth-order valence-electron chi connectivity index (χ4n) is 1.85. The van der Waals surface area contributed by atoms with Crippen LogP contribution >= 0.6 is 11.3 Å². The van der Waals surface area contributed by atoms with Crippen LogP contribution in [0.3, 0.4) is 0 Å². The van der Waals surface area contributed by atoms with Crippen molar-refractivity contribution in [2.45, 2.75) is 19.9 Å². The van der Waals surface area contributed by atoms with E-state index in [0.717, 1.165) is 10.1 Å². The number of benzene rings is 1. The zero-order valence-corrected chi connectivity index (χ0v) is 11.5. The Morgan fingerprint density at radius 1 is 1.26 bits per heavy atom. The van der Waals surface area contributed by atoms with E-state index in [2.05, 4.69) is 5.32 Å². The number of hydrogen-bond acceptors (Lipinski definition) is 3. The van der Waals surface area contributed by atoms with Gasteiger partial charge >= 0.3 is 5.97 Å². The van der Waals surface area contributed by atoms with E-state index in [-0.39, 0.29) is 11.8 Å². The second-order valence-electron chi connectivity index (χ2n) is 4.71. The largest absolute Gasteiger partial charge is 0.480 e. The Morgan fingerprint density at radius 2 is 2.00 bits per heavy atom. The third-order valence-corrected chi connectivity index (χ3v) is 3.83. The fourth-order valence-corrected chi connectivity index (χ4v) is 2.62. The van der Waals surface area contributed by atoms with Gasteiger partial charge < -0.3 is 10.4 Å². The zero-order valence-electron chi connectivity index (χ0n) is 10.7. The van der Waals surface area contributed by atoms with Crippen LogP contribution in [0.2, 0.25) is 0 Å². The van der Waals surface area contributed by atoms with Gasteiger partial charge in [-0.2, -0.15) is 0 Å². The quantitative estimate of drug-likeness (QED) is 0.903. The molecule has 1 unspecified atom stereocenters. The molecular weight excluding hydrogens is 262 g/mol. The molecule has 1 aromatic heterocycles. The maximum absolute atomic E-state index is 12.1. The predicted octanol–water partition coefficient (Wildman–Crippen LogP) is 2.74. The van der Waals surface area contributed by atoms with Gasteiger partial charge in [0, 0.05) is 10.3 Å². The number of carboxylic acid groups (broad SMARTS) is 1. The molecule has 0 bridgehead atoms. The molecule has 4 nitrogen and oxygen atoms in total. The summed E-state index contributed by atoms with van der Waals surface area (Å²) in [5.41, 5.74) is 0.484. The summed E-state index contributed by atoms with van der Waals surface area (Å²) in [6, 6.07) is 6.44. The zero-order chi connectivity index (χ0) is 14.0. The minimum atomic E-state index is -1.01. The Labute approximate surface area is 115 Å². The average Bonchev–Trinajstić information content (AvgIpc) is 2.81. The van der Waals surface area contributed by atoms with Crippen molar-refractivity contribution in [2.75, 3.05) is 0 Å². The van der Waals surface area contributed by atoms with Crippen molar-refractivity contribution in [3.63, 3.8) is 0 Å². The van der Waals surface area contributed by atoms with Crippen LogP contribution in [0.5, 0.6) is 0 Å². The molecule has 0 aliphatic heterocycles. The van der Waals surface area contributed by atoms with Crippen LogP contribution in [-0.2, 0) is 4.79 Å². The number of amides is 1. The van der Waals surface area contributed by atoms with Gasteiger partial charge in [0.25, 0.3) is 5.91 Å². The maximum Gasteiger partial charge on any atom is 0.326 e. The minimum absolute atomic E-state index is 0.161. The van der Waals surface area contributed by atoms with Gasteiger partial charge in [-0.3, -0.25) is 4.79 Å². The SMILES string of the molecule is CC(C)C(NC(=O)c1ccc2sccc2c1)C(=O)O. The molecule has 5 heteroatoms. The summed E-state index contributed by atoms with van der Waals surface area (Å²) in [5, 5.41) is 14.6. The molecule has 100 valence electrons. The number of hydrogen-bond donors (Lipinski definition) is 2. The van der Waals surface area contributed by atoms with Crippen molar-refractivity contribution in [3.05, 3.63) is 35.2 Å². The highest BCUT2D eigenvalue weighted by molar-refractivity contribution is 7.17. The lowest BCUT2D eigenvalue weighted by atomic mass is 10.0. The van der Waals surface area contributed by atoms with Gasteiger partial charge in [-0.15, -0.1) is 11.3 Å². The van der Waals surface area contributed by atoms with Crippen molar-refractivity contribution >= 4 is 33.3 Å². The Morgan fingerprint density at radius 3 is 2.63 bits per heavy atom. The number of carbonyl (C=O) groups excluding carboxylic acids is 1. The molecule has 19 heavy (non-hydrogen) atoms. The van der Waals surface area contributed by atoms with Crippen molar-refractivity contribution in [1.29, 1.82) is 0 Å². The predicted molar refractivity (Wildman–Crippen MR) is 75.6 cm³/mol. The highest BCUT2D eigenvalue weighted by atomic mass is 32.1. The topological polar surface area (TPSA) is 66.4 Å². The van der Waals surface area contributed by atoms with E-state index in [4.69, 9.17) is 5.11 Å². The van der Waals surface area contributed by atoms with E-state index in [1.54, 1.807) is 37.3 Å². The summed E-state index contributed by atoms with van der Waals surface area (Å²) in [7, 11) is 0. The minimum Gasteiger partial charge on any atom is -0.480 e. The molecule has 1 aromatic carbocycles. The van der Waals surface area contributed by atoms with Gasteiger partial charge in [0.1, 0.15) is 6.04 Å². The van der Waals surface area contributed by atoms with Crippen LogP contribution < -0.4 is 5.32 Å². The van der Waals surface area contributed by atoms with Crippen molar-refractivity contribution in [2.24, 2.45) is 5.92 Å². The molecule has 2 N–H and O–H groups in total. The molecular formula is C14H15NO3S. The highest BCUT2D eigenvalue weighted by Gasteiger charge is 2.23. The summed E-state index contributed by atoms with van der Waals surface area (Å²) in [5.74, 6) is -1.53. The van der Waals surface area contributed by atoms with Crippen molar-refractivity contribution in [1.82, 2.24) is 5.32 Å². The van der Waals surface area contributed by atoms with Gasteiger partial charge in [0.05, 0.1) is 0 Å². The molecule has 0 saturated heterocycles. The number of thiophene rings is 1. The molecule has 0 aliphatic carbocycles. The maximum atomic E-state index is 12.1. The summed E-state index contributed by atoms with van der Waals surface area (Å²) >= 11 is 1.61. The third-order valence-electron chi connectivity index (χ3n) is 2.93. The van der Waals surface area contributed by atoms with Gasteiger partial charge in [-0.1, -0.05) is 13.8 Å². The molecule has 0 fully saturated rings. The fraction of sp³-hybridized carbons (Fsp3) is 0.286. The Bertz CT molecular complexity index is 618. The Balaban J connectivity index is 2.21. The number of carbonyl (C=O) groups is 2. The molecule has 2 aromatic rings. The second-order valence-corrected chi connectivity index (χ2v) is 5.65. The molecule has 0 radical (unpaired) electrons. The monoisotopic (exact) mass is 277 g/mol. The first-order valence-electron chi connectivity index (χ1n) is 6.00. The van der Waals surface area contributed by atoms with Crippen LogP contribution in [0.4, 0.5) is 0 Å². The van der Waals surface area contributed by atoms with E-state index in [1.165, 1.54) is 0 Å². The lowest BCUT2D eigenvalue weighted by Gasteiger charge is -2.17. The molecule has 0 aliphatic rings. The average molecular weight is 277 g/mol. The Hall–Kier alpha value is -1.88. The normalized spacial score (nSPS) is 12.6. The van der Waals surface area contributed by atoms with E-state index < -0.39 is 12.0 Å². The van der Waals surface area contributed by atoms with Crippen LogP contribution in [0.15, 0.2) is 29.6 Å². The molecule has 2 rings (SSSR count). The van der Waals surface area contributed by atoms with E-state index in [0.29, 0.717) is 5.56 Å². The van der Waals surface area contributed by atoms with Crippen LogP contribution in [0.1, 0.15) is 24.2 Å². The second kappa shape index (κ2) is 5.40. The van der Waals surface area contributed by atoms with Gasteiger partial charge in [0.2, 0.25) is 0 Å². The summed E-state index contributed by atoms with van der Waals surface area (Å²) in [6.07, 6.45) is 0.